The number of benzene rings is 1. The number of nitrogens with two attached hydrogens (primary N) is 1. The lowest BCUT2D eigenvalue weighted by Crippen LogP contribution is -2.13. The summed E-state index contributed by atoms with van der Waals surface area (Å²) in [4.78, 5) is 19.4. The van der Waals surface area contributed by atoms with Gasteiger partial charge in [0.05, 0.1) is 11.3 Å². The third-order valence-electron chi connectivity index (χ3n) is 3.11. The van der Waals surface area contributed by atoms with E-state index in [1.165, 1.54) is 6.20 Å². The van der Waals surface area contributed by atoms with Gasteiger partial charge in [-0.3, -0.25) is 4.79 Å². The van der Waals surface area contributed by atoms with Crippen LogP contribution in [0.25, 0.3) is 11.0 Å². The molecular weight excluding hydrogens is 358 g/mol. The summed E-state index contributed by atoms with van der Waals surface area (Å²) < 4.78 is 0.903. The summed E-state index contributed by atoms with van der Waals surface area (Å²) in [6, 6.07) is 13.9. The molecule has 0 aliphatic rings. The minimum Gasteiger partial charge on any atom is -0.364 e. The first-order valence-corrected chi connectivity index (χ1v) is 7.31. The number of rotatable bonds is 3. The Morgan fingerprint density at radius 2 is 2.26 bits per heavy atom. The van der Waals surface area contributed by atoms with Gasteiger partial charge < -0.3 is 11.1 Å². The van der Waals surface area contributed by atoms with Crippen LogP contribution in [-0.4, -0.2) is 15.9 Å². The van der Waals surface area contributed by atoms with Gasteiger partial charge in [-0.1, -0.05) is 22.0 Å². The molecule has 2 aromatic heterocycles. The molecule has 0 saturated carbocycles. The highest BCUT2D eigenvalue weighted by Gasteiger charge is 2.12. The topological polar surface area (TPSA) is 105 Å². The highest BCUT2D eigenvalue weighted by molar-refractivity contribution is 9.10. The van der Waals surface area contributed by atoms with Gasteiger partial charge in [0.1, 0.15) is 11.8 Å². The summed E-state index contributed by atoms with van der Waals surface area (Å²) in [6.45, 7) is 0. The number of carbonyl (C=O) groups is 1. The summed E-state index contributed by atoms with van der Waals surface area (Å²) in [7, 11) is 0. The predicted octanol–water partition coefficient (Wildman–Crippen LogP) is 2.91. The summed E-state index contributed by atoms with van der Waals surface area (Å²) in [5.74, 6) is -0.681. The first-order chi connectivity index (χ1) is 11.1. The van der Waals surface area contributed by atoms with E-state index < -0.39 is 5.91 Å². The van der Waals surface area contributed by atoms with Crippen molar-refractivity contribution in [1.29, 1.82) is 5.26 Å². The molecule has 0 aliphatic heterocycles. The summed E-state index contributed by atoms with van der Waals surface area (Å²) in [5, 5.41) is 13.1. The van der Waals surface area contributed by atoms with E-state index in [0.29, 0.717) is 22.3 Å². The predicted molar refractivity (Wildman–Crippen MR) is 89.0 cm³/mol. The minimum absolute atomic E-state index is 0.00288. The maximum Gasteiger partial charge on any atom is 0.268 e. The highest BCUT2D eigenvalue weighted by atomic mass is 79.9. The van der Waals surface area contributed by atoms with Crippen LogP contribution in [0.15, 0.2) is 41.0 Å². The lowest BCUT2D eigenvalue weighted by molar-refractivity contribution is 0.0995. The van der Waals surface area contributed by atoms with Crippen LogP contribution in [0, 0.1) is 17.4 Å². The van der Waals surface area contributed by atoms with Gasteiger partial charge in [0.15, 0.2) is 5.65 Å². The van der Waals surface area contributed by atoms with Crippen LogP contribution in [0.5, 0.6) is 0 Å². The van der Waals surface area contributed by atoms with E-state index in [1.807, 2.05) is 24.3 Å². The third-order valence-corrected chi connectivity index (χ3v) is 3.61. The molecule has 111 valence electrons. The van der Waals surface area contributed by atoms with Gasteiger partial charge in [-0.05, 0) is 24.3 Å². The van der Waals surface area contributed by atoms with Gasteiger partial charge in [0.2, 0.25) is 0 Å². The van der Waals surface area contributed by atoms with Crippen molar-refractivity contribution in [3.63, 3.8) is 0 Å². The molecule has 3 N–H and O–H groups in total. The monoisotopic (exact) mass is 366 g/mol. The molecule has 7 heteroatoms. The zero-order valence-electron chi connectivity index (χ0n) is 11.7. The molecule has 1 aromatic carbocycles. The quantitative estimate of drug-likeness (QED) is 0.741. The number of primary amides is 1. The van der Waals surface area contributed by atoms with Crippen molar-refractivity contribution in [2.24, 2.45) is 5.73 Å². The SMILES string of the molecule is N#Cc1cnc2nc(C(N)=O)[c]cc2c1Nc1cccc(Br)c1. The molecule has 0 spiro atoms. The van der Waals surface area contributed by atoms with E-state index in [2.05, 4.69) is 43.4 Å². The van der Waals surface area contributed by atoms with Gasteiger partial charge in [-0.15, -0.1) is 0 Å². The van der Waals surface area contributed by atoms with Crippen LogP contribution in [0.1, 0.15) is 16.1 Å². The average Bonchev–Trinajstić information content (AvgIpc) is 2.54. The lowest BCUT2D eigenvalue weighted by Gasteiger charge is -2.11. The number of nitriles is 1. The molecule has 0 unspecified atom stereocenters. The fourth-order valence-electron chi connectivity index (χ4n) is 2.08. The normalized spacial score (nSPS) is 10.3. The van der Waals surface area contributed by atoms with E-state index in [9.17, 15) is 10.1 Å². The Bertz CT molecular complexity index is 964. The molecule has 23 heavy (non-hydrogen) atoms. The molecule has 3 rings (SSSR count). The number of nitrogens with one attached hydrogen (secondary N) is 1. The van der Waals surface area contributed by atoms with Crippen LogP contribution in [0.4, 0.5) is 11.4 Å². The zero-order valence-corrected chi connectivity index (χ0v) is 13.3. The molecule has 0 saturated heterocycles. The Labute approximate surface area is 140 Å². The lowest BCUT2D eigenvalue weighted by atomic mass is 10.1. The molecule has 0 fully saturated rings. The number of anilines is 2. The van der Waals surface area contributed by atoms with Crippen molar-refractivity contribution in [2.75, 3.05) is 5.32 Å². The number of nitrogens with zero attached hydrogens (tertiary/aromatic N) is 3. The fraction of sp³-hybridized carbons (Fsp3) is 0. The molecule has 1 amide bonds. The van der Waals surface area contributed by atoms with Crippen molar-refractivity contribution in [2.45, 2.75) is 0 Å². The third kappa shape index (κ3) is 2.98. The van der Waals surface area contributed by atoms with Crippen LogP contribution in [0.2, 0.25) is 0 Å². The number of amides is 1. The van der Waals surface area contributed by atoms with Crippen molar-refractivity contribution in [3.05, 3.63) is 58.3 Å². The number of hydrogen-bond donors (Lipinski definition) is 2. The fourth-order valence-corrected chi connectivity index (χ4v) is 2.48. The highest BCUT2D eigenvalue weighted by Crippen LogP contribution is 2.29. The Kier molecular flexibility index (Phi) is 3.91. The molecule has 1 radical (unpaired) electrons. The van der Waals surface area contributed by atoms with E-state index in [-0.39, 0.29) is 5.69 Å². The summed E-state index contributed by atoms with van der Waals surface area (Å²) in [6.07, 6.45) is 1.40. The minimum atomic E-state index is -0.681. The second kappa shape index (κ2) is 6.02. The Hall–Kier alpha value is -2.98. The van der Waals surface area contributed by atoms with Gasteiger partial charge in [-0.2, -0.15) is 5.26 Å². The zero-order chi connectivity index (χ0) is 16.4. The van der Waals surface area contributed by atoms with Crippen LogP contribution < -0.4 is 11.1 Å². The Morgan fingerprint density at radius 3 is 2.96 bits per heavy atom. The molecule has 0 aliphatic carbocycles. The van der Waals surface area contributed by atoms with E-state index in [1.54, 1.807) is 6.07 Å². The Balaban J connectivity index is 2.17. The molecule has 0 atom stereocenters. The average molecular weight is 367 g/mol. The number of pyridine rings is 2. The van der Waals surface area contributed by atoms with Crippen molar-refractivity contribution >= 4 is 44.2 Å². The Morgan fingerprint density at radius 1 is 1.43 bits per heavy atom. The molecular formula is C16H9BrN5O. The number of carbonyl (C=O) groups excluding carboxylic acids is 1. The second-order valence-corrected chi connectivity index (χ2v) is 5.56. The number of fused-ring (bicyclic) bond motifs is 1. The maximum atomic E-state index is 11.2. The van der Waals surface area contributed by atoms with Crippen LogP contribution in [-0.2, 0) is 0 Å². The molecule has 2 heterocycles. The van der Waals surface area contributed by atoms with Crippen LogP contribution >= 0.6 is 15.9 Å². The number of halogens is 1. The van der Waals surface area contributed by atoms with Gasteiger partial charge >= 0.3 is 0 Å². The first-order valence-electron chi connectivity index (χ1n) is 6.52. The maximum absolute atomic E-state index is 11.2. The van der Waals surface area contributed by atoms with Gasteiger partial charge in [-0.25, -0.2) is 9.97 Å². The van der Waals surface area contributed by atoms with Crippen molar-refractivity contribution < 1.29 is 4.79 Å². The first kappa shape index (κ1) is 14.9. The van der Waals surface area contributed by atoms with E-state index >= 15 is 0 Å². The van der Waals surface area contributed by atoms with Crippen LogP contribution in [0.3, 0.4) is 0 Å². The number of hydrogen-bond acceptors (Lipinski definition) is 5. The summed E-state index contributed by atoms with van der Waals surface area (Å²) in [5.41, 5.74) is 7.23. The van der Waals surface area contributed by atoms with Crippen molar-refractivity contribution in [3.8, 4) is 6.07 Å². The summed E-state index contributed by atoms with van der Waals surface area (Å²) >= 11 is 3.40. The number of aromatic nitrogens is 2. The molecule has 3 aromatic rings. The molecule has 6 nitrogen and oxygen atoms in total. The molecule has 0 bridgehead atoms. The van der Waals surface area contributed by atoms with Gasteiger partial charge in [0.25, 0.3) is 5.91 Å². The van der Waals surface area contributed by atoms with Crippen molar-refractivity contribution in [1.82, 2.24) is 9.97 Å². The van der Waals surface area contributed by atoms with E-state index in [0.717, 1.165) is 10.2 Å². The largest absolute Gasteiger partial charge is 0.364 e. The second-order valence-electron chi connectivity index (χ2n) is 4.64. The standard InChI is InChI=1S/C16H9BrN5O/c17-10-2-1-3-11(6-10)21-14-9(7-18)8-20-16-12(14)4-5-13(22-16)15(19)23/h1-4,6,8H,(H2,19,23)(H,20,21,22). The van der Waals surface area contributed by atoms with Gasteiger partial charge in [0, 0.05) is 27.8 Å². The smallest absolute Gasteiger partial charge is 0.268 e. The van der Waals surface area contributed by atoms with E-state index in [4.69, 9.17) is 5.73 Å².